The number of anilines is 1. The number of likely N-dealkylation sites (N-methyl/N-ethyl adjacent to an activating group) is 1. The van der Waals surface area contributed by atoms with E-state index >= 15 is 0 Å². The molecule has 0 saturated carbocycles. The molecule has 1 fully saturated rings. The van der Waals surface area contributed by atoms with Gasteiger partial charge in [0.1, 0.15) is 0 Å². The molecule has 0 aliphatic carbocycles. The summed E-state index contributed by atoms with van der Waals surface area (Å²) in [5, 5.41) is 3.33. The number of halogens is 1. The summed E-state index contributed by atoms with van der Waals surface area (Å²) >= 11 is 0. The number of hydrogen-bond donors (Lipinski definition) is 1. The highest BCUT2D eigenvalue weighted by atomic mass is 19.1. The Balaban J connectivity index is 2.14. The van der Waals surface area contributed by atoms with E-state index in [0.717, 1.165) is 19.6 Å². The fraction of sp³-hybridized carbons (Fsp3) is 0.688. The number of nitrogens with one attached hydrogen (secondary N) is 1. The van der Waals surface area contributed by atoms with Crippen molar-refractivity contribution in [3.63, 3.8) is 0 Å². The summed E-state index contributed by atoms with van der Waals surface area (Å²) in [6.45, 7) is 11.5. The Morgan fingerprint density at radius 2 is 2.10 bits per heavy atom. The first kappa shape index (κ1) is 16.2. The Morgan fingerprint density at radius 1 is 1.38 bits per heavy atom. The van der Waals surface area contributed by atoms with Crippen LogP contribution in [0.4, 0.5) is 10.2 Å². The maximum Gasteiger partial charge on any atom is 0.170 e. The third-order valence-electron chi connectivity index (χ3n) is 4.02. The highest BCUT2D eigenvalue weighted by Crippen LogP contribution is 2.22. The zero-order valence-corrected chi connectivity index (χ0v) is 13.8. The van der Waals surface area contributed by atoms with Gasteiger partial charge in [0, 0.05) is 49.5 Å². The summed E-state index contributed by atoms with van der Waals surface area (Å²) in [5.41, 5.74) is 0.652. The van der Waals surface area contributed by atoms with Gasteiger partial charge in [-0.2, -0.15) is 0 Å². The second kappa shape index (κ2) is 6.28. The molecule has 0 amide bonds. The van der Waals surface area contributed by atoms with Crippen molar-refractivity contribution in [3.8, 4) is 0 Å². The van der Waals surface area contributed by atoms with E-state index in [1.807, 2.05) is 0 Å². The van der Waals surface area contributed by atoms with Crippen molar-refractivity contribution in [1.29, 1.82) is 0 Å². The lowest BCUT2D eigenvalue weighted by molar-refractivity contribution is 0.232. The standard InChI is InChI=1S/C16H27FN4/c1-12-11-21(9-8-20(12)5)15-14(17)13(6-7-18-15)10-19-16(2,3)4/h6-7,12,19H,8-11H2,1-5H3. The van der Waals surface area contributed by atoms with Crippen molar-refractivity contribution in [2.24, 2.45) is 0 Å². The molecule has 1 unspecified atom stereocenters. The minimum atomic E-state index is -0.189. The topological polar surface area (TPSA) is 31.4 Å². The molecule has 0 aromatic carbocycles. The first-order valence-corrected chi connectivity index (χ1v) is 7.61. The van der Waals surface area contributed by atoms with Crippen molar-refractivity contribution >= 4 is 5.82 Å². The van der Waals surface area contributed by atoms with Crippen molar-refractivity contribution in [2.45, 2.75) is 45.8 Å². The minimum Gasteiger partial charge on any atom is -0.351 e. The smallest absolute Gasteiger partial charge is 0.170 e. The summed E-state index contributed by atoms with van der Waals surface area (Å²) in [6, 6.07) is 2.17. The zero-order valence-electron chi connectivity index (χ0n) is 13.8. The molecule has 1 aromatic heterocycles. The first-order chi connectivity index (χ1) is 9.78. The van der Waals surface area contributed by atoms with Gasteiger partial charge in [0.25, 0.3) is 0 Å². The Labute approximate surface area is 127 Å². The van der Waals surface area contributed by atoms with E-state index < -0.39 is 0 Å². The maximum absolute atomic E-state index is 14.7. The average molecular weight is 294 g/mol. The largest absolute Gasteiger partial charge is 0.351 e. The summed E-state index contributed by atoms with van der Waals surface area (Å²) < 4.78 is 14.7. The van der Waals surface area contributed by atoms with E-state index in [0.29, 0.717) is 24.0 Å². The van der Waals surface area contributed by atoms with Crippen LogP contribution >= 0.6 is 0 Å². The number of hydrogen-bond acceptors (Lipinski definition) is 4. The molecular weight excluding hydrogens is 267 g/mol. The number of nitrogens with zero attached hydrogens (tertiary/aromatic N) is 3. The normalized spacial score (nSPS) is 20.9. The van der Waals surface area contributed by atoms with Crippen LogP contribution in [0.3, 0.4) is 0 Å². The minimum absolute atomic E-state index is 0.0295. The second-order valence-electron chi connectivity index (χ2n) is 6.99. The molecule has 0 bridgehead atoms. The Kier molecular flexibility index (Phi) is 4.84. The van der Waals surface area contributed by atoms with Crippen LogP contribution in [0.2, 0.25) is 0 Å². The molecule has 2 heterocycles. The SMILES string of the molecule is CC1CN(c2nccc(CNC(C)(C)C)c2F)CCN1C. The highest BCUT2D eigenvalue weighted by Gasteiger charge is 2.24. The van der Waals surface area contributed by atoms with Gasteiger partial charge >= 0.3 is 0 Å². The first-order valence-electron chi connectivity index (χ1n) is 7.61. The number of pyridine rings is 1. The molecule has 0 spiro atoms. The van der Waals surface area contributed by atoms with Crippen LogP contribution < -0.4 is 10.2 Å². The van der Waals surface area contributed by atoms with Crippen LogP contribution in [-0.2, 0) is 6.54 Å². The van der Waals surface area contributed by atoms with Crippen molar-refractivity contribution in [2.75, 3.05) is 31.6 Å². The Bertz CT molecular complexity index is 484. The third kappa shape index (κ3) is 4.14. The van der Waals surface area contributed by atoms with Crippen molar-refractivity contribution in [3.05, 3.63) is 23.6 Å². The Morgan fingerprint density at radius 3 is 2.71 bits per heavy atom. The maximum atomic E-state index is 14.7. The van der Waals surface area contributed by atoms with Gasteiger partial charge < -0.3 is 15.1 Å². The van der Waals surface area contributed by atoms with E-state index in [2.05, 4.69) is 54.8 Å². The number of piperazine rings is 1. The van der Waals surface area contributed by atoms with E-state index in [9.17, 15) is 4.39 Å². The van der Waals surface area contributed by atoms with Gasteiger partial charge in [0.15, 0.2) is 11.6 Å². The lowest BCUT2D eigenvalue weighted by atomic mass is 10.1. The molecule has 5 heteroatoms. The van der Waals surface area contributed by atoms with E-state index in [1.54, 1.807) is 12.3 Å². The predicted octanol–water partition coefficient (Wildman–Crippen LogP) is 2.25. The van der Waals surface area contributed by atoms with Crippen LogP contribution in [0.25, 0.3) is 0 Å². The van der Waals surface area contributed by atoms with Crippen LogP contribution in [0.5, 0.6) is 0 Å². The van der Waals surface area contributed by atoms with Gasteiger partial charge in [-0.15, -0.1) is 0 Å². The Hall–Kier alpha value is -1.20. The fourth-order valence-electron chi connectivity index (χ4n) is 2.43. The molecule has 1 N–H and O–H groups in total. The molecule has 1 atom stereocenters. The van der Waals surface area contributed by atoms with Gasteiger partial charge in [-0.25, -0.2) is 9.37 Å². The van der Waals surface area contributed by atoms with Crippen LogP contribution in [0.1, 0.15) is 33.3 Å². The number of rotatable bonds is 3. The van der Waals surface area contributed by atoms with Gasteiger partial charge in [-0.1, -0.05) is 0 Å². The molecule has 0 radical (unpaired) electrons. The van der Waals surface area contributed by atoms with Gasteiger partial charge in [0.2, 0.25) is 0 Å². The summed E-state index contributed by atoms with van der Waals surface area (Å²) in [6.07, 6.45) is 1.71. The summed E-state index contributed by atoms with van der Waals surface area (Å²) in [7, 11) is 2.11. The summed E-state index contributed by atoms with van der Waals surface area (Å²) in [5.74, 6) is 0.300. The molecular formula is C16H27FN4. The van der Waals surface area contributed by atoms with E-state index in [4.69, 9.17) is 0 Å². The third-order valence-corrected chi connectivity index (χ3v) is 4.02. The van der Waals surface area contributed by atoms with Gasteiger partial charge in [-0.05, 0) is 40.8 Å². The van der Waals surface area contributed by atoms with Gasteiger partial charge in [0.05, 0.1) is 0 Å². The second-order valence-corrected chi connectivity index (χ2v) is 6.99. The monoisotopic (exact) mass is 294 g/mol. The molecule has 118 valence electrons. The molecule has 1 aliphatic heterocycles. The average Bonchev–Trinajstić information content (AvgIpc) is 2.40. The lowest BCUT2D eigenvalue weighted by Crippen LogP contribution is -2.50. The summed E-state index contributed by atoms with van der Waals surface area (Å²) in [4.78, 5) is 8.62. The van der Waals surface area contributed by atoms with Crippen LogP contribution in [0, 0.1) is 5.82 Å². The molecule has 1 aromatic rings. The molecule has 4 nitrogen and oxygen atoms in total. The lowest BCUT2D eigenvalue weighted by Gasteiger charge is -2.38. The highest BCUT2D eigenvalue weighted by molar-refractivity contribution is 5.44. The van der Waals surface area contributed by atoms with Crippen LogP contribution in [-0.4, -0.2) is 48.1 Å². The predicted molar refractivity (Wildman–Crippen MR) is 85.1 cm³/mol. The fourth-order valence-corrected chi connectivity index (χ4v) is 2.43. The van der Waals surface area contributed by atoms with Crippen molar-refractivity contribution < 1.29 is 4.39 Å². The molecule has 1 aliphatic rings. The quantitative estimate of drug-likeness (QED) is 0.926. The van der Waals surface area contributed by atoms with E-state index in [1.165, 1.54) is 0 Å². The molecule has 2 rings (SSSR count). The van der Waals surface area contributed by atoms with Crippen molar-refractivity contribution in [1.82, 2.24) is 15.2 Å². The number of aromatic nitrogens is 1. The molecule has 21 heavy (non-hydrogen) atoms. The van der Waals surface area contributed by atoms with Crippen LogP contribution in [0.15, 0.2) is 12.3 Å². The molecule has 1 saturated heterocycles. The van der Waals surface area contributed by atoms with Gasteiger partial charge in [-0.3, -0.25) is 0 Å². The zero-order chi connectivity index (χ0) is 15.6. The van der Waals surface area contributed by atoms with E-state index in [-0.39, 0.29) is 11.4 Å².